The maximum Gasteiger partial charge on any atom is 0.254 e. The van der Waals surface area contributed by atoms with Gasteiger partial charge in [-0.3, -0.25) is 9.59 Å². The van der Waals surface area contributed by atoms with Crippen LogP contribution in [0.15, 0.2) is 24.3 Å². The van der Waals surface area contributed by atoms with Crippen LogP contribution in [0.25, 0.3) is 0 Å². The van der Waals surface area contributed by atoms with Crippen molar-refractivity contribution in [3.8, 4) is 0 Å². The van der Waals surface area contributed by atoms with E-state index in [4.69, 9.17) is 5.73 Å². The van der Waals surface area contributed by atoms with E-state index in [9.17, 15) is 9.59 Å². The van der Waals surface area contributed by atoms with Crippen LogP contribution in [0, 0.1) is 0 Å². The number of carbonyl (C=O) groups is 2. The molecule has 1 aromatic carbocycles. The van der Waals surface area contributed by atoms with E-state index in [1.807, 2.05) is 0 Å². The number of nitrogen functional groups attached to an aromatic ring is 1. The van der Waals surface area contributed by atoms with Gasteiger partial charge in [0.05, 0.1) is 0 Å². The summed E-state index contributed by atoms with van der Waals surface area (Å²) < 4.78 is 0. The molecule has 0 atom stereocenters. The fourth-order valence-electron chi connectivity index (χ4n) is 2.08. The van der Waals surface area contributed by atoms with Gasteiger partial charge < -0.3 is 16.0 Å². The fourth-order valence-corrected chi connectivity index (χ4v) is 2.08. The third kappa shape index (κ3) is 2.81. The molecule has 6 heteroatoms. The van der Waals surface area contributed by atoms with Gasteiger partial charge in [-0.2, -0.15) is 0 Å². The van der Waals surface area contributed by atoms with Gasteiger partial charge >= 0.3 is 0 Å². The first-order valence-corrected chi connectivity index (χ1v) is 5.89. The highest BCUT2D eigenvalue weighted by molar-refractivity contribution is 6.00. The van der Waals surface area contributed by atoms with E-state index in [2.05, 4.69) is 5.32 Å². The molecule has 0 saturated carbocycles. The average molecular weight is 284 g/mol. The zero-order valence-corrected chi connectivity index (χ0v) is 11.8. The predicted octanol–water partition coefficient (Wildman–Crippen LogP) is 1.04. The zero-order chi connectivity index (χ0) is 13.3. The molecule has 5 nitrogen and oxygen atoms in total. The van der Waals surface area contributed by atoms with Crippen LogP contribution in [0.5, 0.6) is 0 Å². The van der Waals surface area contributed by atoms with Crippen molar-refractivity contribution in [3.63, 3.8) is 0 Å². The summed E-state index contributed by atoms with van der Waals surface area (Å²) in [7, 11) is 0. The summed E-state index contributed by atoms with van der Waals surface area (Å²) in [6.07, 6.45) is 0. The highest BCUT2D eigenvalue weighted by Gasteiger charge is 2.40. The summed E-state index contributed by atoms with van der Waals surface area (Å²) in [6.45, 7) is 4.47. The molecular formula is C13H18ClN3O2. The summed E-state index contributed by atoms with van der Waals surface area (Å²) in [4.78, 5) is 25.8. The minimum Gasteiger partial charge on any atom is -0.399 e. The van der Waals surface area contributed by atoms with E-state index >= 15 is 0 Å². The lowest BCUT2D eigenvalue weighted by Gasteiger charge is -2.41. The number of halogens is 1. The minimum absolute atomic E-state index is 0. The van der Waals surface area contributed by atoms with Crippen LogP contribution in [-0.2, 0) is 4.79 Å². The van der Waals surface area contributed by atoms with Crippen molar-refractivity contribution in [1.29, 1.82) is 0 Å². The Balaban J connectivity index is 0.00000180. The second kappa shape index (κ2) is 5.48. The number of rotatable bonds is 1. The average Bonchev–Trinajstić information content (AvgIpc) is 2.32. The molecule has 0 spiro atoms. The van der Waals surface area contributed by atoms with Crippen LogP contribution in [-0.4, -0.2) is 35.3 Å². The molecule has 0 aromatic heterocycles. The monoisotopic (exact) mass is 283 g/mol. The maximum atomic E-state index is 12.4. The van der Waals surface area contributed by atoms with Gasteiger partial charge in [0.2, 0.25) is 5.91 Å². The molecule has 1 aliphatic heterocycles. The normalized spacial score (nSPS) is 17.4. The number of nitrogens with one attached hydrogen (secondary N) is 1. The van der Waals surface area contributed by atoms with E-state index in [1.54, 1.807) is 43.0 Å². The Morgan fingerprint density at radius 2 is 2.11 bits per heavy atom. The largest absolute Gasteiger partial charge is 0.399 e. The molecule has 1 aromatic rings. The molecule has 0 radical (unpaired) electrons. The first-order chi connectivity index (χ1) is 8.43. The van der Waals surface area contributed by atoms with Gasteiger partial charge in [0.1, 0.15) is 5.54 Å². The Labute approximate surface area is 118 Å². The third-order valence-electron chi connectivity index (χ3n) is 3.23. The van der Waals surface area contributed by atoms with Crippen LogP contribution in [0.2, 0.25) is 0 Å². The molecule has 0 aliphatic carbocycles. The molecule has 2 amide bonds. The van der Waals surface area contributed by atoms with Crippen LogP contribution >= 0.6 is 12.4 Å². The summed E-state index contributed by atoms with van der Waals surface area (Å²) in [6, 6.07) is 6.80. The van der Waals surface area contributed by atoms with Gasteiger partial charge in [0, 0.05) is 24.3 Å². The van der Waals surface area contributed by atoms with E-state index in [-0.39, 0.29) is 24.2 Å². The molecular weight excluding hydrogens is 266 g/mol. The van der Waals surface area contributed by atoms with Gasteiger partial charge in [0.15, 0.2) is 0 Å². The highest BCUT2D eigenvalue weighted by atomic mass is 35.5. The van der Waals surface area contributed by atoms with Gasteiger partial charge in [0.25, 0.3) is 5.91 Å². The lowest BCUT2D eigenvalue weighted by molar-refractivity contribution is -0.133. The van der Waals surface area contributed by atoms with Gasteiger partial charge in [-0.1, -0.05) is 6.07 Å². The van der Waals surface area contributed by atoms with Gasteiger partial charge in [-0.05, 0) is 32.0 Å². The first kappa shape index (κ1) is 15.3. The van der Waals surface area contributed by atoms with Crippen molar-refractivity contribution >= 4 is 29.9 Å². The Morgan fingerprint density at radius 1 is 1.42 bits per heavy atom. The Kier molecular flexibility index (Phi) is 4.42. The number of nitrogens with two attached hydrogens (primary N) is 1. The van der Waals surface area contributed by atoms with E-state index < -0.39 is 5.54 Å². The zero-order valence-electron chi connectivity index (χ0n) is 11.0. The van der Waals surface area contributed by atoms with Crippen LogP contribution in [0.3, 0.4) is 0 Å². The van der Waals surface area contributed by atoms with Crippen molar-refractivity contribution in [1.82, 2.24) is 10.2 Å². The van der Waals surface area contributed by atoms with Gasteiger partial charge in [-0.15, -0.1) is 12.4 Å². The summed E-state index contributed by atoms with van der Waals surface area (Å²) in [5.41, 5.74) is 5.89. The molecule has 1 aliphatic rings. The number of benzene rings is 1. The Hall–Kier alpha value is -1.75. The summed E-state index contributed by atoms with van der Waals surface area (Å²) in [5.74, 6) is -0.298. The van der Waals surface area contributed by atoms with Crippen molar-refractivity contribution in [2.45, 2.75) is 19.4 Å². The van der Waals surface area contributed by atoms with Crippen molar-refractivity contribution in [2.24, 2.45) is 0 Å². The van der Waals surface area contributed by atoms with Gasteiger partial charge in [-0.25, -0.2) is 0 Å². The lowest BCUT2D eigenvalue weighted by atomic mass is 9.97. The SMILES string of the molecule is CC1(C)C(=O)NCCN1C(=O)c1cccc(N)c1.Cl. The summed E-state index contributed by atoms with van der Waals surface area (Å²) >= 11 is 0. The molecule has 104 valence electrons. The Bertz CT molecular complexity index is 502. The number of carbonyl (C=O) groups excluding carboxylic acids is 2. The molecule has 1 saturated heterocycles. The van der Waals surface area contributed by atoms with Crippen molar-refractivity contribution < 1.29 is 9.59 Å². The maximum absolute atomic E-state index is 12.4. The van der Waals surface area contributed by atoms with Crippen LogP contribution in [0.1, 0.15) is 24.2 Å². The first-order valence-electron chi connectivity index (χ1n) is 5.89. The van der Waals surface area contributed by atoms with E-state index in [1.165, 1.54) is 0 Å². The van der Waals surface area contributed by atoms with Crippen molar-refractivity contribution in [3.05, 3.63) is 29.8 Å². The van der Waals surface area contributed by atoms with E-state index in [0.29, 0.717) is 24.3 Å². The molecule has 1 heterocycles. The second-order valence-electron chi connectivity index (χ2n) is 4.90. The number of anilines is 1. The minimum atomic E-state index is -0.833. The molecule has 3 N–H and O–H groups in total. The molecule has 19 heavy (non-hydrogen) atoms. The molecule has 0 bridgehead atoms. The van der Waals surface area contributed by atoms with E-state index in [0.717, 1.165) is 0 Å². The molecule has 2 rings (SSSR count). The topological polar surface area (TPSA) is 75.4 Å². The standard InChI is InChI=1S/C13H17N3O2.ClH/c1-13(2)12(18)15-6-7-16(13)11(17)9-4-3-5-10(14)8-9;/h3-5,8H,6-7,14H2,1-2H3,(H,15,18);1H. The number of piperazine rings is 1. The van der Waals surface area contributed by atoms with Crippen molar-refractivity contribution in [2.75, 3.05) is 18.8 Å². The summed E-state index contributed by atoms with van der Waals surface area (Å²) in [5, 5.41) is 2.76. The number of nitrogens with zero attached hydrogens (tertiary/aromatic N) is 1. The quantitative estimate of drug-likeness (QED) is 0.756. The third-order valence-corrected chi connectivity index (χ3v) is 3.23. The second-order valence-corrected chi connectivity index (χ2v) is 4.90. The van der Waals surface area contributed by atoms with Crippen LogP contribution < -0.4 is 11.1 Å². The lowest BCUT2D eigenvalue weighted by Crippen LogP contribution is -2.63. The predicted molar refractivity (Wildman–Crippen MR) is 76.2 cm³/mol. The van der Waals surface area contributed by atoms with Crippen LogP contribution in [0.4, 0.5) is 5.69 Å². The Morgan fingerprint density at radius 3 is 2.74 bits per heavy atom. The fraction of sp³-hybridized carbons (Fsp3) is 0.385. The smallest absolute Gasteiger partial charge is 0.254 e. The highest BCUT2D eigenvalue weighted by Crippen LogP contribution is 2.21. The number of hydrogen-bond donors (Lipinski definition) is 2. The molecule has 0 unspecified atom stereocenters. The molecule has 1 fully saturated rings. The number of hydrogen-bond acceptors (Lipinski definition) is 3. The number of amides is 2.